The third kappa shape index (κ3) is 2.94. The van der Waals surface area contributed by atoms with Crippen molar-refractivity contribution in [1.82, 2.24) is 4.57 Å². The predicted molar refractivity (Wildman–Crippen MR) is 188 cm³/mol. The van der Waals surface area contributed by atoms with Crippen molar-refractivity contribution in [1.29, 1.82) is 0 Å². The second kappa shape index (κ2) is 8.36. The highest BCUT2D eigenvalue weighted by atomic mass is 15.0. The van der Waals surface area contributed by atoms with Crippen LogP contribution in [0, 0.1) is 0 Å². The first-order valence-corrected chi connectivity index (χ1v) is 15.5. The van der Waals surface area contributed by atoms with E-state index < -0.39 is 0 Å². The Labute approximate surface area is 255 Å². The first-order valence-electron chi connectivity index (χ1n) is 15.5. The van der Waals surface area contributed by atoms with Crippen molar-refractivity contribution in [2.24, 2.45) is 0 Å². The topological polar surface area (TPSA) is 4.93 Å². The second-order valence-corrected chi connectivity index (χ2v) is 12.9. The zero-order valence-corrected chi connectivity index (χ0v) is 24.7. The number of para-hydroxylation sites is 1. The molecule has 1 nitrogen and oxygen atoms in total. The quantitative estimate of drug-likeness (QED) is 0.176. The van der Waals surface area contributed by atoms with Crippen LogP contribution in [0.1, 0.15) is 25.0 Å². The monoisotopic (exact) mass is 559 g/mol. The number of rotatable bonds is 1. The number of benzene rings is 8. The van der Waals surface area contributed by atoms with E-state index in [-0.39, 0.29) is 5.41 Å². The standard InChI is InChI=1S/C43H29N/c1-43(2)36-19-9-7-17-33(36)42-40-26(12-11-20-37(40)43)24-39-41(42)34-18-8-10-21-38(34)44(39)27-22-23-32-30-15-4-3-13-28(30)29-14-5-6-16-31(29)35(32)25-27/h3-25H,1-2H3. The average molecular weight is 560 g/mol. The molecular weight excluding hydrogens is 530 g/mol. The van der Waals surface area contributed by atoms with Crippen LogP contribution in [0.25, 0.3) is 81.7 Å². The maximum Gasteiger partial charge on any atom is 0.0553 e. The van der Waals surface area contributed by atoms with Crippen LogP contribution in [0.5, 0.6) is 0 Å². The van der Waals surface area contributed by atoms with Crippen LogP contribution >= 0.6 is 0 Å². The molecule has 10 rings (SSSR count). The van der Waals surface area contributed by atoms with E-state index in [0.717, 1.165) is 0 Å². The van der Waals surface area contributed by atoms with Crippen LogP contribution in [-0.2, 0) is 5.41 Å². The van der Waals surface area contributed by atoms with Crippen LogP contribution in [0.2, 0.25) is 0 Å². The van der Waals surface area contributed by atoms with E-state index in [1.165, 1.54) is 92.8 Å². The molecule has 0 saturated heterocycles. The number of hydrogen-bond acceptors (Lipinski definition) is 0. The van der Waals surface area contributed by atoms with Gasteiger partial charge >= 0.3 is 0 Å². The molecule has 1 heterocycles. The summed E-state index contributed by atoms with van der Waals surface area (Å²) in [7, 11) is 0. The van der Waals surface area contributed by atoms with Crippen molar-refractivity contribution in [2.45, 2.75) is 19.3 Å². The molecule has 0 saturated carbocycles. The molecule has 44 heavy (non-hydrogen) atoms. The minimum Gasteiger partial charge on any atom is -0.309 e. The van der Waals surface area contributed by atoms with Gasteiger partial charge in [0.05, 0.1) is 11.0 Å². The fourth-order valence-electron chi connectivity index (χ4n) is 8.40. The van der Waals surface area contributed by atoms with Crippen LogP contribution in [0.4, 0.5) is 0 Å². The van der Waals surface area contributed by atoms with Crippen molar-refractivity contribution in [3.63, 3.8) is 0 Å². The van der Waals surface area contributed by atoms with Crippen molar-refractivity contribution in [2.75, 3.05) is 0 Å². The lowest BCUT2D eigenvalue weighted by Gasteiger charge is -2.35. The van der Waals surface area contributed by atoms with Gasteiger partial charge in [-0.2, -0.15) is 0 Å². The summed E-state index contributed by atoms with van der Waals surface area (Å²) in [6.07, 6.45) is 0. The minimum atomic E-state index is -0.0721. The van der Waals surface area contributed by atoms with Crippen molar-refractivity contribution < 1.29 is 0 Å². The Hall–Kier alpha value is -5.40. The summed E-state index contributed by atoms with van der Waals surface area (Å²) in [5.41, 5.74) is 9.14. The first-order chi connectivity index (χ1) is 21.6. The van der Waals surface area contributed by atoms with Crippen molar-refractivity contribution in [3.05, 3.63) is 151 Å². The summed E-state index contributed by atoms with van der Waals surface area (Å²) in [6.45, 7) is 4.75. The Bertz CT molecular complexity index is 2650. The van der Waals surface area contributed by atoms with Gasteiger partial charge < -0.3 is 4.57 Å². The molecule has 9 aromatic rings. The molecule has 1 heteroatoms. The summed E-state index contributed by atoms with van der Waals surface area (Å²) < 4.78 is 2.50. The molecule has 1 aliphatic carbocycles. The summed E-state index contributed by atoms with van der Waals surface area (Å²) >= 11 is 0. The Balaban J connectivity index is 1.39. The molecule has 0 atom stereocenters. The largest absolute Gasteiger partial charge is 0.309 e. The van der Waals surface area contributed by atoms with Gasteiger partial charge in [0, 0.05) is 27.4 Å². The summed E-state index contributed by atoms with van der Waals surface area (Å²) in [6, 6.07) is 52.1. The lowest BCUT2D eigenvalue weighted by molar-refractivity contribution is 0.645. The zero-order chi connectivity index (χ0) is 29.2. The van der Waals surface area contributed by atoms with E-state index in [9.17, 15) is 0 Å². The van der Waals surface area contributed by atoms with Gasteiger partial charge in [-0.15, -0.1) is 0 Å². The molecule has 0 aliphatic heterocycles. The van der Waals surface area contributed by atoms with E-state index in [1.54, 1.807) is 0 Å². The number of fused-ring (bicyclic) bond motifs is 12. The third-order valence-electron chi connectivity index (χ3n) is 10.3. The molecular formula is C43H29N. The Morgan fingerprint density at radius 1 is 0.432 bits per heavy atom. The fraction of sp³-hybridized carbons (Fsp3) is 0.0698. The van der Waals surface area contributed by atoms with Gasteiger partial charge in [0.15, 0.2) is 0 Å². The van der Waals surface area contributed by atoms with Crippen LogP contribution < -0.4 is 0 Å². The summed E-state index contributed by atoms with van der Waals surface area (Å²) in [5.74, 6) is 0. The molecule has 0 N–H and O–H groups in total. The molecule has 0 spiro atoms. The van der Waals surface area contributed by atoms with Crippen LogP contribution in [-0.4, -0.2) is 4.57 Å². The molecule has 8 aromatic carbocycles. The Kier molecular flexibility index (Phi) is 4.58. The van der Waals surface area contributed by atoms with E-state index in [1.807, 2.05) is 0 Å². The average Bonchev–Trinajstić information content (AvgIpc) is 3.40. The van der Waals surface area contributed by atoms with Crippen molar-refractivity contribution >= 4 is 64.9 Å². The highest BCUT2D eigenvalue weighted by Crippen LogP contribution is 2.53. The van der Waals surface area contributed by atoms with Gasteiger partial charge in [-0.05, 0) is 84.0 Å². The predicted octanol–water partition coefficient (Wildman–Crippen LogP) is 11.7. The van der Waals surface area contributed by atoms with E-state index >= 15 is 0 Å². The number of nitrogens with zero attached hydrogens (tertiary/aromatic N) is 1. The Morgan fingerprint density at radius 2 is 1.02 bits per heavy atom. The maximum absolute atomic E-state index is 2.50. The molecule has 0 bridgehead atoms. The van der Waals surface area contributed by atoms with Crippen LogP contribution in [0.15, 0.2) is 140 Å². The van der Waals surface area contributed by atoms with Crippen molar-refractivity contribution in [3.8, 4) is 16.8 Å². The molecule has 0 radical (unpaired) electrons. The zero-order valence-electron chi connectivity index (χ0n) is 24.7. The molecule has 1 aliphatic rings. The normalized spacial score (nSPS) is 13.9. The summed E-state index contributed by atoms with van der Waals surface area (Å²) in [5, 5.41) is 13.1. The minimum absolute atomic E-state index is 0.0721. The van der Waals surface area contributed by atoms with E-state index in [2.05, 4.69) is 158 Å². The van der Waals surface area contributed by atoms with Gasteiger partial charge in [0.25, 0.3) is 0 Å². The van der Waals surface area contributed by atoms with E-state index in [4.69, 9.17) is 0 Å². The Morgan fingerprint density at radius 3 is 1.77 bits per heavy atom. The first kappa shape index (κ1) is 24.1. The summed E-state index contributed by atoms with van der Waals surface area (Å²) in [4.78, 5) is 0. The van der Waals surface area contributed by atoms with Gasteiger partial charge in [-0.1, -0.05) is 129 Å². The molecule has 206 valence electrons. The number of aromatic nitrogens is 1. The second-order valence-electron chi connectivity index (χ2n) is 12.9. The third-order valence-corrected chi connectivity index (χ3v) is 10.3. The lowest BCUT2D eigenvalue weighted by Crippen LogP contribution is -2.23. The van der Waals surface area contributed by atoms with Gasteiger partial charge in [-0.3, -0.25) is 0 Å². The van der Waals surface area contributed by atoms with Crippen LogP contribution in [0.3, 0.4) is 0 Å². The highest BCUT2D eigenvalue weighted by Gasteiger charge is 2.35. The van der Waals surface area contributed by atoms with Gasteiger partial charge in [0.1, 0.15) is 0 Å². The lowest BCUT2D eigenvalue weighted by atomic mass is 9.68. The smallest absolute Gasteiger partial charge is 0.0553 e. The molecule has 1 aromatic heterocycles. The molecule has 0 amide bonds. The van der Waals surface area contributed by atoms with E-state index in [0.29, 0.717) is 0 Å². The fourth-order valence-corrected chi connectivity index (χ4v) is 8.40. The molecule has 0 fully saturated rings. The van der Waals surface area contributed by atoms with Gasteiger partial charge in [-0.25, -0.2) is 0 Å². The highest BCUT2D eigenvalue weighted by molar-refractivity contribution is 6.27. The SMILES string of the molecule is CC1(C)c2ccccc2-c2c3c1cccc3cc1c2c2ccccc2n1-c1ccc2c3ccccc3c3ccccc3c2c1. The maximum atomic E-state index is 2.50. The molecule has 0 unspecified atom stereocenters. The number of hydrogen-bond donors (Lipinski definition) is 0. The van der Waals surface area contributed by atoms with Gasteiger partial charge in [0.2, 0.25) is 0 Å².